The van der Waals surface area contributed by atoms with Gasteiger partial charge in [-0.2, -0.15) is 0 Å². The van der Waals surface area contributed by atoms with Gasteiger partial charge in [0.25, 0.3) is 4.52 Å². The molecule has 0 saturated carbocycles. The van der Waals surface area contributed by atoms with Crippen LogP contribution in [0.2, 0.25) is 0 Å². The minimum atomic E-state index is -1.91. The van der Waals surface area contributed by atoms with Crippen LogP contribution in [0.5, 0.6) is 0 Å². The first kappa shape index (κ1) is 22.8. The monoisotopic (exact) mass is 498 g/mol. The van der Waals surface area contributed by atoms with E-state index in [2.05, 4.69) is 5.32 Å². The van der Waals surface area contributed by atoms with Crippen molar-refractivity contribution in [3.05, 3.63) is 35.9 Å². The number of carbonyl (C=O) groups excluding carboxylic acids is 3. The molecular formula is C18H18Cl4N2O4S. The smallest absolute Gasteiger partial charge is 0.333 e. The number of fused-ring (bicyclic) bond motifs is 1. The molecule has 11 heteroatoms. The molecule has 0 aliphatic carbocycles. The second kappa shape index (κ2) is 8.71. The van der Waals surface area contributed by atoms with Crippen LogP contribution in [0, 0.1) is 0 Å². The number of β-lactam (4-membered cyclic amide) rings is 1. The first-order valence-electron chi connectivity index (χ1n) is 8.68. The van der Waals surface area contributed by atoms with Gasteiger partial charge in [0.15, 0.2) is 0 Å². The predicted molar refractivity (Wildman–Crippen MR) is 114 cm³/mol. The molecule has 2 heterocycles. The summed E-state index contributed by atoms with van der Waals surface area (Å²) in [5, 5.41) is 2.30. The molecule has 1 N–H and O–H groups in total. The Morgan fingerprint density at radius 2 is 1.93 bits per heavy atom. The number of amides is 2. The molecule has 0 spiro atoms. The maximum Gasteiger partial charge on any atom is 0.333 e. The van der Waals surface area contributed by atoms with E-state index in [1.54, 1.807) is 6.92 Å². The lowest BCUT2D eigenvalue weighted by molar-refractivity contribution is -0.166. The number of rotatable bonds is 7. The van der Waals surface area contributed by atoms with Crippen LogP contribution in [0.25, 0.3) is 0 Å². The number of hydrogen-bond acceptors (Lipinski definition) is 5. The highest BCUT2D eigenvalue weighted by Gasteiger charge is 2.66. The third kappa shape index (κ3) is 4.59. The zero-order valence-electron chi connectivity index (χ0n) is 15.2. The fourth-order valence-corrected chi connectivity index (χ4v) is 5.51. The fourth-order valence-electron chi connectivity index (χ4n) is 3.36. The van der Waals surface area contributed by atoms with Crippen LogP contribution in [0.3, 0.4) is 0 Å². The lowest BCUT2D eigenvalue weighted by Crippen LogP contribution is -2.71. The number of benzene rings is 1. The van der Waals surface area contributed by atoms with Crippen molar-refractivity contribution in [3.8, 4) is 0 Å². The van der Waals surface area contributed by atoms with E-state index < -0.39 is 32.7 Å². The Balaban J connectivity index is 1.71. The Labute approximate surface area is 192 Å². The number of thioether (sulfide) groups is 1. The normalized spacial score (nSPS) is 28.5. The molecule has 4 atom stereocenters. The molecule has 158 valence electrons. The molecule has 3 rings (SSSR count). The number of ether oxygens (including phenoxy) is 1. The topological polar surface area (TPSA) is 75.7 Å². The van der Waals surface area contributed by atoms with Gasteiger partial charge in [-0.15, -0.1) is 35.0 Å². The minimum absolute atomic E-state index is 0.0703. The van der Waals surface area contributed by atoms with Gasteiger partial charge in [0.05, 0.1) is 17.0 Å². The second-order valence-electron chi connectivity index (χ2n) is 7.00. The largest absolute Gasteiger partial charge is 0.426 e. The molecule has 0 radical (unpaired) electrons. The Hall–Kier alpha value is -0.860. The molecule has 2 saturated heterocycles. The summed E-state index contributed by atoms with van der Waals surface area (Å²) in [5.41, 5.74) is 0.835. The summed E-state index contributed by atoms with van der Waals surface area (Å²) >= 11 is 24.7. The summed E-state index contributed by atoms with van der Waals surface area (Å²) in [4.78, 5) is 39.2. The van der Waals surface area contributed by atoms with Gasteiger partial charge in [0, 0.05) is 5.88 Å². The highest BCUT2D eigenvalue weighted by molar-refractivity contribution is 8.01. The first-order valence-corrected chi connectivity index (χ1v) is 11.4. The van der Waals surface area contributed by atoms with Gasteiger partial charge in [-0.25, -0.2) is 4.79 Å². The molecule has 1 aromatic carbocycles. The van der Waals surface area contributed by atoms with E-state index in [9.17, 15) is 14.4 Å². The maximum absolute atomic E-state index is 12.7. The van der Waals surface area contributed by atoms with Gasteiger partial charge < -0.3 is 15.0 Å². The Kier molecular flexibility index (Phi) is 6.85. The molecular weight excluding hydrogens is 482 g/mol. The van der Waals surface area contributed by atoms with Gasteiger partial charge in [-0.1, -0.05) is 53.5 Å². The van der Waals surface area contributed by atoms with Crippen molar-refractivity contribution in [2.24, 2.45) is 0 Å². The van der Waals surface area contributed by atoms with E-state index in [1.165, 1.54) is 16.7 Å². The van der Waals surface area contributed by atoms with Gasteiger partial charge in [0.2, 0.25) is 11.8 Å². The van der Waals surface area contributed by atoms with Crippen LogP contribution in [0.1, 0.15) is 12.5 Å². The SMILES string of the molecule is C[C@@]1(CCl)S[C@@H]2[C@H](NC(=O)Cc3ccccc3)C(=O)N2[C@H]1C(=O)OC(Cl)(Cl)CCl. The van der Waals surface area contributed by atoms with Gasteiger partial charge in [-0.05, 0) is 12.5 Å². The zero-order valence-corrected chi connectivity index (χ0v) is 19.1. The van der Waals surface area contributed by atoms with E-state index in [0.717, 1.165) is 5.56 Å². The van der Waals surface area contributed by atoms with Crippen molar-refractivity contribution in [2.45, 2.75) is 40.1 Å². The molecule has 29 heavy (non-hydrogen) atoms. The Bertz CT molecular complexity index is 812. The molecule has 2 amide bonds. The van der Waals surface area contributed by atoms with Gasteiger partial charge in [-0.3, -0.25) is 9.59 Å². The van der Waals surface area contributed by atoms with Crippen molar-refractivity contribution in [2.75, 3.05) is 11.8 Å². The van der Waals surface area contributed by atoms with Crippen LogP contribution < -0.4 is 5.32 Å². The van der Waals surface area contributed by atoms with Crippen LogP contribution in [-0.2, 0) is 25.5 Å². The third-order valence-corrected chi connectivity index (χ3v) is 8.18. The van der Waals surface area contributed by atoms with E-state index in [-0.39, 0.29) is 30.0 Å². The van der Waals surface area contributed by atoms with Crippen molar-refractivity contribution in [3.63, 3.8) is 0 Å². The van der Waals surface area contributed by atoms with E-state index in [1.807, 2.05) is 30.3 Å². The summed E-state index contributed by atoms with van der Waals surface area (Å²) in [6.07, 6.45) is 0.150. The summed E-state index contributed by atoms with van der Waals surface area (Å²) in [7, 11) is 0. The Morgan fingerprint density at radius 3 is 2.52 bits per heavy atom. The number of alkyl halides is 4. The highest BCUT2D eigenvalue weighted by Crippen LogP contribution is 2.52. The van der Waals surface area contributed by atoms with Gasteiger partial charge >= 0.3 is 5.97 Å². The quantitative estimate of drug-likeness (QED) is 0.354. The highest BCUT2D eigenvalue weighted by atomic mass is 35.5. The average Bonchev–Trinajstić information content (AvgIpc) is 2.97. The first-order chi connectivity index (χ1) is 13.6. The number of carbonyl (C=O) groups is 3. The van der Waals surface area contributed by atoms with E-state index >= 15 is 0 Å². The molecule has 0 bridgehead atoms. The summed E-state index contributed by atoms with van der Waals surface area (Å²) < 4.78 is 2.32. The second-order valence-corrected chi connectivity index (χ2v) is 10.6. The van der Waals surface area contributed by atoms with Crippen molar-refractivity contribution in [1.29, 1.82) is 0 Å². The molecule has 2 aliphatic heterocycles. The summed E-state index contributed by atoms with van der Waals surface area (Å²) in [5.74, 6) is -1.73. The molecule has 0 unspecified atom stereocenters. The molecule has 2 aliphatic rings. The zero-order chi connectivity index (χ0) is 21.4. The average molecular weight is 500 g/mol. The van der Waals surface area contributed by atoms with Crippen molar-refractivity contribution < 1.29 is 19.1 Å². The lowest BCUT2D eigenvalue weighted by atomic mass is 9.95. The van der Waals surface area contributed by atoms with Crippen LogP contribution in [-0.4, -0.2) is 61.2 Å². The summed E-state index contributed by atoms with van der Waals surface area (Å²) in [6, 6.07) is 7.45. The third-order valence-electron chi connectivity index (χ3n) is 4.74. The van der Waals surface area contributed by atoms with Crippen molar-refractivity contribution >= 4 is 75.9 Å². The van der Waals surface area contributed by atoms with Crippen LogP contribution in [0.15, 0.2) is 30.3 Å². The number of nitrogens with one attached hydrogen (secondary N) is 1. The molecule has 2 fully saturated rings. The van der Waals surface area contributed by atoms with Crippen molar-refractivity contribution in [1.82, 2.24) is 10.2 Å². The standard InChI is InChI=1S/C18H18Cl4N2O4S/c1-17(8-19)13(16(27)28-18(21,22)9-20)24-14(26)12(15(24)29-17)23-11(25)7-10-5-3-2-4-6-10/h2-6,12-13,15H,7-9H2,1H3,(H,23,25)/t12-,13+,15-,17+/m1/s1. The molecule has 0 aromatic heterocycles. The fraction of sp³-hybridized carbons (Fsp3) is 0.500. The molecule has 6 nitrogen and oxygen atoms in total. The predicted octanol–water partition coefficient (Wildman–Crippen LogP) is 2.91. The summed E-state index contributed by atoms with van der Waals surface area (Å²) in [6.45, 7) is 1.75. The van der Waals surface area contributed by atoms with Crippen LogP contribution >= 0.6 is 58.2 Å². The number of nitrogens with zero attached hydrogens (tertiary/aromatic N) is 1. The number of esters is 1. The number of halogens is 4. The van der Waals surface area contributed by atoms with Crippen LogP contribution in [0.4, 0.5) is 0 Å². The van der Waals surface area contributed by atoms with E-state index in [4.69, 9.17) is 51.1 Å². The number of hydrogen-bond donors (Lipinski definition) is 1. The molecule has 1 aromatic rings. The minimum Gasteiger partial charge on any atom is -0.426 e. The Morgan fingerprint density at radius 1 is 1.28 bits per heavy atom. The maximum atomic E-state index is 12.7. The van der Waals surface area contributed by atoms with Gasteiger partial charge in [0.1, 0.15) is 17.5 Å². The lowest BCUT2D eigenvalue weighted by Gasteiger charge is -2.44. The van der Waals surface area contributed by atoms with E-state index in [0.29, 0.717) is 0 Å².